The Labute approximate surface area is 126 Å². The fourth-order valence-electron chi connectivity index (χ4n) is 2.42. The van der Waals surface area contributed by atoms with Crippen LogP contribution in [0.25, 0.3) is 0 Å². The van der Waals surface area contributed by atoms with Crippen LogP contribution in [0.2, 0.25) is 0 Å². The third-order valence-corrected chi connectivity index (χ3v) is 3.62. The predicted octanol–water partition coefficient (Wildman–Crippen LogP) is 2.23. The maximum absolute atomic E-state index is 12.2. The number of carbonyl (C=O) groups excluding carboxylic acids is 1. The van der Waals surface area contributed by atoms with Crippen molar-refractivity contribution in [3.05, 3.63) is 0 Å². The molecule has 122 valence electrons. The molecule has 1 fully saturated rings. The average molecular weight is 300 g/mol. The average Bonchev–Trinajstić information content (AvgIpc) is 2.38. The third kappa shape index (κ3) is 6.80. The SMILES string of the molecule is CC(C)(C)N(CCC(=O)O)C(=O)NCCC1CCCCO1. The molecule has 21 heavy (non-hydrogen) atoms. The van der Waals surface area contributed by atoms with Gasteiger partial charge in [-0.1, -0.05) is 0 Å². The van der Waals surface area contributed by atoms with E-state index in [0.717, 1.165) is 25.9 Å². The molecule has 2 amide bonds. The summed E-state index contributed by atoms with van der Waals surface area (Å²) in [5.41, 5.74) is -0.402. The number of amides is 2. The summed E-state index contributed by atoms with van der Waals surface area (Å²) in [4.78, 5) is 24.5. The number of urea groups is 1. The van der Waals surface area contributed by atoms with Crippen molar-refractivity contribution in [3.63, 3.8) is 0 Å². The topological polar surface area (TPSA) is 78.9 Å². The number of nitrogens with zero attached hydrogens (tertiary/aromatic N) is 1. The zero-order valence-corrected chi connectivity index (χ0v) is 13.4. The van der Waals surface area contributed by atoms with Gasteiger partial charge in [-0.3, -0.25) is 4.79 Å². The van der Waals surface area contributed by atoms with E-state index < -0.39 is 11.5 Å². The lowest BCUT2D eigenvalue weighted by Gasteiger charge is -2.35. The van der Waals surface area contributed by atoms with Gasteiger partial charge in [-0.15, -0.1) is 0 Å². The molecule has 2 N–H and O–H groups in total. The van der Waals surface area contributed by atoms with Crippen LogP contribution in [-0.4, -0.2) is 53.3 Å². The van der Waals surface area contributed by atoms with Crippen LogP contribution >= 0.6 is 0 Å². The van der Waals surface area contributed by atoms with Gasteiger partial charge in [0, 0.05) is 25.2 Å². The number of ether oxygens (including phenoxy) is 1. The summed E-state index contributed by atoms with van der Waals surface area (Å²) in [6, 6.07) is -0.209. The number of aliphatic carboxylic acids is 1. The molecule has 0 spiro atoms. The molecule has 0 aromatic carbocycles. The standard InChI is InChI=1S/C15H28N2O4/c1-15(2,3)17(10-8-13(18)19)14(20)16-9-7-12-6-4-5-11-21-12/h12H,4-11H2,1-3H3,(H,16,20)(H,18,19). The van der Waals surface area contributed by atoms with Crippen LogP contribution in [0.5, 0.6) is 0 Å². The summed E-state index contributed by atoms with van der Waals surface area (Å²) >= 11 is 0. The second kappa shape index (κ2) is 8.22. The lowest BCUT2D eigenvalue weighted by Crippen LogP contribution is -2.51. The minimum absolute atomic E-state index is 0.0452. The molecule has 0 saturated carbocycles. The van der Waals surface area contributed by atoms with Gasteiger partial charge in [0.25, 0.3) is 0 Å². The second-order valence-electron chi connectivity index (χ2n) is 6.48. The fourth-order valence-corrected chi connectivity index (χ4v) is 2.42. The Hall–Kier alpha value is -1.30. The second-order valence-corrected chi connectivity index (χ2v) is 6.48. The van der Waals surface area contributed by atoms with E-state index in [0.29, 0.717) is 6.54 Å². The normalized spacial score (nSPS) is 19.1. The van der Waals surface area contributed by atoms with Crippen molar-refractivity contribution in [2.45, 2.75) is 64.5 Å². The van der Waals surface area contributed by atoms with Gasteiger partial charge in [0.1, 0.15) is 0 Å². The van der Waals surface area contributed by atoms with Crippen LogP contribution in [0.3, 0.4) is 0 Å². The quantitative estimate of drug-likeness (QED) is 0.788. The molecule has 6 heteroatoms. The van der Waals surface area contributed by atoms with Crippen molar-refractivity contribution in [2.24, 2.45) is 0 Å². The molecule has 0 radical (unpaired) electrons. The van der Waals surface area contributed by atoms with Crippen molar-refractivity contribution >= 4 is 12.0 Å². The van der Waals surface area contributed by atoms with E-state index in [1.54, 1.807) is 4.90 Å². The first-order valence-corrected chi connectivity index (χ1v) is 7.69. The van der Waals surface area contributed by atoms with Gasteiger partial charge in [-0.05, 0) is 46.5 Å². The predicted molar refractivity (Wildman–Crippen MR) is 80.3 cm³/mol. The van der Waals surface area contributed by atoms with Gasteiger partial charge in [-0.25, -0.2) is 4.79 Å². The molecule has 1 aliphatic rings. The molecule has 1 heterocycles. The first-order valence-electron chi connectivity index (χ1n) is 7.69. The summed E-state index contributed by atoms with van der Waals surface area (Å²) in [5.74, 6) is -0.896. The fraction of sp³-hybridized carbons (Fsp3) is 0.867. The largest absolute Gasteiger partial charge is 0.481 e. The van der Waals surface area contributed by atoms with Crippen molar-refractivity contribution in [2.75, 3.05) is 19.7 Å². The zero-order valence-electron chi connectivity index (χ0n) is 13.4. The molecule has 0 aromatic rings. The molecule has 0 aliphatic carbocycles. The van der Waals surface area contributed by atoms with E-state index in [4.69, 9.17) is 9.84 Å². The number of hydrogen-bond acceptors (Lipinski definition) is 3. The summed E-state index contributed by atoms with van der Waals surface area (Å²) in [5, 5.41) is 11.7. The lowest BCUT2D eigenvalue weighted by atomic mass is 10.1. The monoisotopic (exact) mass is 300 g/mol. The van der Waals surface area contributed by atoms with Gasteiger partial charge < -0.3 is 20.1 Å². The summed E-state index contributed by atoms with van der Waals surface area (Å²) in [7, 11) is 0. The van der Waals surface area contributed by atoms with Crippen LogP contribution in [-0.2, 0) is 9.53 Å². The molecule has 1 unspecified atom stereocenters. The van der Waals surface area contributed by atoms with E-state index >= 15 is 0 Å². The van der Waals surface area contributed by atoms with Gasteiger partial charge in [-0.2, -0.15) is 0 Å². The lowest BCUT2D eigenvalue weighted by molar-refractivity contribution is -0.137. The van der Waals surface area contributed by atoms with E-state index in [1.807, 2.05) is 20.8 Å². The van der Waals surface area contributed by atoms with Crippen LogP contribution in [0.15, 0.2) is 0 Å². The minimum atomic E-state index is -0.896. The van der Waals surface area contributed by atoms with Crippen molar-refractivity contribution in [3.8, 4) is 0 Å². The Morgan fingerprint density at radius 1 is 1.33 bits per heavy atom. The molecule has 6 nitrogen and oxygen atoms in total. The Morgan fingerprint density at radius 2 is 2.05 bits per heavy atom. The smallest absolute Gasteiger partial charge is 0.317 e. The molecule has 1 rings (SSSR count). The van der Waals surface area contributed by atoms with Gasteiger partial charge in [0.15, 0.2) is 0 Å². The summed E-state index contributed by atoms with van der Waals surface area (Å²) in [6.07, 6.45) is 4.36. The first-order chi connectivity index (χ1) is 9.80. The van der Waals surface area contributed by atoms with Gasteiger partial charge in [0.2, 0.25) is 0 Å². The maximum Gasteiger partial charge on any atom is 0.317 e. The van der Waals surface area contributed by atoms with Crippen molar-refractivity contribution in [1.29, 1.82) is 0 Å². The summed E-state index contributed by atoms with van der Waals surface area (Å²) < 4.78 is 5.62. The molecular weight excluding hydrogens is 272 g/mol. The van der Waals surface area contributed by atoms with E-state index in [2.05, 4.69) is 5.32 Å². The first kappa shape index (κ1) is 17.8. The Kier molecular flexibility index (Phi) is 6.95. The Morgan fingerprint density at radius 3 is 2.57 bits per heavy atom. The highest BCUT2D eigenvalue weighted by Crippen LogP contribution is 2.16. The van der Waals surface area contributed by atoms with Crippen LogP contribution in [0.4, 0.5) is 4.79 Å². The van der Waals surface area contributed by atoms with E-state index in [1.165, 1.54) is 6.42 Å². The Bertz CT molecular complexity index is 346. The van der Waals surface area contributed by atoms with E-state index in [9.17, 15) is 9.59 Å². The number of carboxylic acids is 1. The van der Waals surface area contributed by atoms with Gasteiger partial charge >= 0.3 is 12.0 Å². The van der Waals surface area contributed by atoms with E-state index in [-0.39, 0.29) is 25.1 Å². The van der Waals surface area contributed by atoms with Crippen LogP contribution < -0.4 is 5.32 Å². The zero-order chi connectivity index (χ0) is 15.9. The Balaban J connectivity index is 2.38. The number of carbonyl (C=O) groups is 2. The highest BCUT2D eigenvalue weighted by Gasteiger charge is 2.26. The van der Waals surface area contributed by atoms with Crippen LogP contribution in [0, 0.1) is 0 Å². The molecular formula is C15H28N2O4. The molecule has 1 aliphatic heterocycles. The number of carboxylic acid groups (broad SMARTS) is 1. The summed E-state index contributed by atoms with van der Waals surface area (Å²) in [6.45, 7) is 7.29. The highest BCUT2D eigenvalue weighted by molar-refractivity contribution is 5.76. The molecule has 1 atom stereocenters. The van der Waals surface area contributed by atoms with Crippen LogP contribution in [0.1, 0.15) is 52.9 Å². The molecule has 1 saturated heterocycles. The molecule has 0 aromatic heterocycles. The minimum Gasteiger partial charge on any atom is -0.481 e. The number of rotatable bonds is 6. The van der Waals surface area contributed by atoms with Gasteiger partial charge in [0.05, 0.1) is 12.5 Å². The third-order valence-electron chi connectivity index (χ3n) is 3.62. The highest BCUT2D eigenvalue weighted by atomic mass is 16.5. The maximum atomic E-state index is 12.2. The number of nitrogens with one attached hydrogen (secondary N) is 1. The van der Waals surface area contributed by atoms with Crippen molar-refractivity contribution in [1.82, 2.24) is 10.2 Å². The van der Waals surface area contributed by atoms with Crippen molar-refractivity contribution < 1.29 is 19.4 Å². The molecule has 0 bridgehead atoms. The number of hydrogen-bond donors (Lipinski definition) is 2.